The van der Waals surface area contributed by atoms with Crippen LogP contribution in [-0.4, -0.2) is 21.0 Å². The van der Waals surface area contributed by atoms with Gasteiger partial charge >= 0.3 is 6.18 Å². The van der Waals surface area contributed by atoms with Gasteiger partial charge in [-0.1, -0.05) is 11.6 Å². The van der Waals surface area contributed by atoms with Gasteiger partial charge in [0.1, 0.15) is 5.69 Å². The molecule has 0 amide bonds. The van der Waals surface area contributed by atoms with Crippen LogP contribution in [-0.2, 0) is 19.6 Å². The van der Waals surface area contributed by atoms with Crippen molar-refractivity contribution in [2.24, 2.45) is 7.05 Å². The summed E-state index contributed by atoms with van der Waals surface area (Å²) >= 11 is 5.56. The van der Waals surface area contributed by atoms with Gasteiger partial charge in [-0.05, 0) is 6.92 Å². The average molecular weight is 243 g/mol. The van der Waals surface area contributed by atoms with Crippen molar-refractivity contribution in [2.45, 2.75) is 25.6 Å². The summed E-state index contributed by atoms with van der Waals surface area (Å²) in [7, 11) is 1.17. The predicted octanol–water partition coefficient (Wildman–Crippen LogP) is 2.02. The monoisotopic (exact) mass is 242 g/mol. The van der Waals surface area contributed by atoms with Crippen LogP contribution in [0.1, 0.15) is 18.2 Å². The predicted molar refractivity (Wildman–Crippen MR) is 48.6 cm³/mol. The van der Waals surface area contributed by atoms with E-state index >= 15 is 0 Å². The summed E-state index contributed by atoms with van der Waals surface area (Å²) in [5.74, 6) is 0. The standard InChI is InChI=1S/C8H10ClF3N2O/c1-4(15)3-5-6(8(10,11)12)14(2)13-7(5)9/h4,15H,3H2,1-2H3. The van der Waals surface area contributed by atoms with Crippen molar-refractivity contribution in [3.8, 4) is 0 Å². The number of aliphatic hydroxyl groups excluding tert-OH is 1. The van der Waals surface area contributed by atoms with E-state index in [1.807, 2.05) is 0 Å². The van der Waals surface area contributed by atoms with Crippen LogP contribution in [0.3, 0.4) is 0 Å². The van der Waals surface area contributed by atoms with Crippen molar-refractivity contribution < 1.29 is 18.3 Å². The zero-order chi connectivity index (χ0) is 11.8. The fourth-order valence-electron chi connectivity index (χ4n) is 1.37. The molecule has 0 bridgehead atoms. The minimum Gasteiger partial charge on any atom is -0.393 e. The Balaban J connectivity index is 3.24. The molecule has 1 atom stereocenters. The molecular weight excluding hydrogens is 233 g/mol. The first-order valence-corrected chi connectivity index (χ1v) is 4.58. The highest BCUT2D eigenvalue weighted by Gasteiger charge is 2.38. The number of nitrogens with zero attached hydrogens (tertiary/aromatic N) is 2. The molecule has 1 rings (SSSR count). The molecule has 0 fully saturated rings. The molecule has 1 aromatic rings. The molecule has 1 aromatic heterocycles. The molecule has 0 aromatic carbocycles. The average Bonchev–Trinajstić information content (AvgIpc) is 2.23. The lowest BCUT2D eigenvalue weighted by Gasteiger charge is -2.10. The van der Waals surface area contributed by atoms with Crippen LogP contribution in [0.5, 0.6) is 0 Å². The van der Waals surface area contributed by atoms with E-state index in [0.717, 1.165) is 0 Å². The van der Waals surface area contributed by atoms with Gasteiger partial charge in [-0.3, -0.25) is 4.68 Å². The van der Waals surface area contributed by atoms with Gasteiger partial charge in [0.15, 0.2) is 5.15 Å². The summed E-state index contributed by atoms with van der Waals surface area (Å²) < 4.78 is 38.4. The number of aryl methyl sites for hydroxylation is 1. The van der Waals surface area contributed by atoms with Gasteiger partial charge in [-0.15, -0.1) is 0 Å². The van der Waals surface area contributed by atoms with E-state index in [-0.39, 0.29) is 17.1 Å². The zero-order valence-corrected chi connectivity index (χ0v) is 8.89. The maximum Gasteiger partial charge on any atom is 0.433 e. The van der Waals surface area contributed by atoms with Crippen LogP contribution in [0.25, 0.3) is 0 Å². The van der Waals surface area contributed by atoms with Gasteiger partial charge in [-0.2, -0.15) is 18.3 Å². The first-order chi connectivity index (χ1) is 6.73. The fourth-order valence-corrected chi connectivity index (χ4v) is 1.65. The largest absolute Gasteiger partial charge is 0.433 e. The zero-order valence-electron chi connectivity index (χ0n) is 8.14. The smallest absolute Gasteiger partial charge is 0.393 e. The summed E-state index contributed by atoms with van der Waals surface area (Å²) in [4.78, 5) is 0. The molecule has 1 heterocycles. The van der Waals surface area contributed by atoms with E-state index < -0.39 is 18.0 Å². The van der Waals surface area contributed by atoms with Crippen molar-refractivity contribution in [3.63, 3.8) is 0 Å². The summed E-state index contributed by atoms with van der Waals surface area (Å²) in [5, 5.41) is 12.3. The quantitative estimate of drug-likeness (QED) is 0.862. The molecule has 0 saturated carbocycles. The number of aliphatic hydroxyl groups is 1. The molecule has 0 radical (unpaired) electrons. The third-order valence-corrected chi connectivity index (χ3v) is 2.17. The van der Waals surface area contributed by atoms with Crippen molar-refractivity contribution in [3.05, 3.63) is 16.4 Å². The normalized spacial score (nSPS) is 14.3. The highest BCUT2D eigenvalue weighted by molar-refractivity contribution is 6.30. The highest BCUT2D eigenvalue weighted by Crippen LogP contribution is 2.35. The maximum atomic E-state index is 12.6. The first-order valence-electron chi connectivity index (χ1n) is 4.20. The van der Waals surface area contributed by atoms with Gasteiger partial charge in [0.25, 0.3) is 0 Å². The van der Waals surface area contributed by atoms with Crippen LogP contribution >= 0.6 is 11.6 Å². The number of hydrogen-bond acceptors (Lipinski definition) is 2. The highest BCUT2D eigenvalue weighted by atomic mass is 35.5. The molecule has 0 aliphatic carbocycles. The number of alkyl halides is 3. The minimum absolute atomic E-state index is 0.165. The summed E-state index contributed by atoms with van der Waals surface area (Å²) in [5.41, 5.74) is -1.07. The lowest BCUT2D eigenvalue weighted by molar-refractivity contribution is -0.144. The van der Waals surface area contributed by atoms with Crippen LogP contribution in [0.15, 0.2) is 0 Å². The molecule has 15 heavy (non-hydrogen) atoms. The molecule has 3 nitrogen and oxygen atoms in total. The minimum atomic E-state index is -4.51. The SMILES string of the molecule is CC(O)Cc1c(Cl)nn(C)c1C(F)(F)F. The Bertz CT molecular complexity index is 360. The number of rotatable bonds is 2. The van der Waals surface area contributed by atoms with Gasteiger partial charge < -0.3 is 5.11 Å². The number of aromatic nitrogens is 2. The molecule has 0 aliphatic heterocycles. The Labute approximate surface area is 89.5 Å². The molecule has 86 valence electrons. The van der Waals surface area contributed by atoms with E-state index in [0.29, 0.717) is 4.68 Å². The van der Waals surface area contributed by atoms with Crippen molar-refractivity contribution in [1.29, 1.82) is 0 Å². The number of hydrogen-bond donors (Lipinski definition) is 1. The molecule has 0 saturated heterocycles. The molecule has 1 N–H and O–H groups in total. The van der Waals surface area contributed by atoms with Crippen molar-refractivity contribution >= 4 is 11.6 Å². The Morgan fingerprint density at radius 2 is 2.07 bits per heavy atom. The maximum absolute atomic E-state index is 12.6. The summed E-state index contributed by atoms with van der Waals surface area (Å²) in [6.07, 6.45) is -5.58. The molecule has 0 aliphatic rings. The lowest BCUT2D eigenvalue weighted by atomic mass is 10.1. The third-order valence-electron chi connectivity index (χ3n) is 1.86. The van der Waals surface area contributed by atoms with Gasteiger partial charge in [0, 0.05) is 19.0 Å². The van der Waals surface area contributed by atoms with Crippen LogP contribution in [0.4, 0.5) is 13.2 Å². The van der Waals surface area contributed by atoms with E-state index in [4.69, 9.17) is 16.7 Å². The van der Waals surface area contributed by atoms with Crippen molar-refractivity contribution in [1.82, 2.24) is 9.78 Å². The van der Waals surface area contributed by atoms with Crippen LogP contribution in [0, 0.1) is 0 Å². The summed E-state index contributed by atoms with van der Waals surface area (Å²) in [6.45, 7) is 1.39. The first kappa shape index (κ1) is 12.3. The molecule has 1 unspecified atom stereocenters. The third kappa shape index (κ3) is 2.63. The topological polar surface area (TPSA) is 38.1 Å². The van der Waals surface area contributed by atoms with Crippen molar-refractivity contribution in [2.75, 3.05) is 0 Å². The van der Waals surface area contributed by atoms with E-state index in [1.54, 1.807) is 0 Å². The van der Waals surface area contributed by atoms with Crippen LogP contribution in [0.2, 0.25) is 5.15 Å². The van der Waals surface area contributed by atoms with Crippen LogP contribution < -0.4 is 0 Å². The second-order valence-corrected chi connectivity index (χ2v) is 3.65. The van der Waals surface area contributed by atoms with Gasteiger partial charge in [0.2, 0.25) is 0 Å². The lowest BCUT2D eigenvalue weighted by Crippen LogP contribution is -2.16. The fraction of sp³-hybridized carbons (Fsp3) is 0.625. The van der Waals surface area contributed by atoms with E-state index in [2.05, 4.69) is 5.10 Å². The second-order valence-electron chi connectivity index (χ2n) is 3.29. The molecule has 7 heteroatoms. The molecule has 0 spiro atoms. The Kier molecular flexibility index (Phi) is 3.30. The Hall–Kier alpha value is -0.750. The van der Waals surface area contributed by atoms with E-state index in [1.165, 1.54) is 14.0 Å². The Morgan fingerprint density at radius 3 is 2.47 bits per heavy atom. The van der Waals surface area contributed by atoms with Gasteiger partial charge in [-0.25, -0.2) is 0 Å². The second kappa shape index (κ2) is 4.02. The Morgan fingerprint density at radius 1 is 1.53 bits per heavy atom. The summed E-state index contributed by atoms with van der Waals surface area (Å²) in [6, 6.07) is 0. The number of halogens is 4. The molecular formula is C8H10ClF3N2O. The van der Waals surface area contributed by atoms with E-state index in [9.17, 15) is 13.2 Å². The van der Waals surface area contributed by atoms with Gasteiger partial charge in [0.05, 0.1) is 6.10 Å².